The third-order valence-corrected chi connectivity index (χ3v) is 4.65. The summed E-state index contributed by atoms with van der Waals surface area (Å²) in [7, 11) is 0. The quantitative estimate of drug-likeness (QED) is 0.731. The van der Waals surface area contributed by atoms with E-state index in [2.05, 4.69) is 30.1 Å². The smallest absolute Gasteiger partial charge is 0.276 e. The van der Waals surface area contributed by atoms with Crippen LogP contribution in [0.2, 0.25) is 0 Å². The Morgan fingerprint density at radius 1 is 0.828 bits per heavy atom. The summed E-state index contributed by atoms with van der Waals surface area (Å²) < 4.78 is 27.4. The molecule has 0 saturated carbocycles. The van der Waals surface area contributed by atoms with Crippen LogP contribution in [0.5, 0.6) is 0 Å². The van der Waals surface area contributed by atoms with E-state index in [4.69, 9.17) is 0 Å². The number of pyridine rings is 1. The number of halogens is 2. The summed E-state index contributed by atoms with van der Waals surface area (Å²) in [6.07, 6.45) is 4.56. The molecule has 148 valence electrons. The second kappa shape index (κ2) is 8.17. The van der Waals surface area contributed by atoms with Crippen molar-refractivity contribution in [1.29, 1.82) is 0 Å². The minimum atomic E-state index is -0.853. The maximum absolute atomic E-state index is 13.7. The Kier molecular flexibility index (Phi) is 5.28. The van der Waals surface area contributed by atoms with Crippen molar-refractivity contribution in [1.82, 2.24) is 15.0 Å². The molecule has 9 heteroatoms. The molecule has 3 aromatic rings. The Morgan fingerprint density at radius 3 is 2.10 bits per heavy atom. The molecule has 0 aliphatic carbocycles. The topological polar surface area (TPSA) is 74.2 Å². The number of para-hydroxylation sites is 1. The standard InChI is InChI=1S/C20H18F2N6O/c21-14-4-3-5-15(22)19(14)26-20(29)16-12-25-18(13-24-16)28-10-8-27(9-11-28)17-6-1-2-7-23-17/h1-7,12-13H,8-11H2,(H,26,29). The van der Waals surface area contributed by atoms with E-state index in [0.717, 1.165) is 44.1 Å². The molecule has 1 aliphatic heterocycles. The van der Waals surface area contributed by atoms with Crippen molar-refractivity contribution in [3.05, 3.63) is 72.3 Å². The number of carbonyl (C=O) groups is 1. The molecule has 1 amide bonds. The summed E-state index contributed by atoms with van der Waals surface area (Å²) in [6, 6.07) is 9.17. The van der Waals surface area contributed by atoms with Gasteiger partial charge in [0.2, 0.25) is 0 Å². The van der Waals surface area contributed by atoms with Crippen molar-refractivity contribution in [2.75, 3.05) is 41.3 Å². The Bertz CT molecular complexity index is 971. The molecule has 2 aromatic heterocycles. The minimum Gasteiger partial charge on any atom is -0.353 e. The van der Waals surface area contributed by atoms with Crippen molar-refractivity contribution in [2.24, 2.45) is 0 Å². The van der Waals surface area contributed by atoms with Gasteiger partial charge in [-0.1, -0.05) is 12.1 Å². The fourth-order valence-electron chi connectivity index (χ4n) is 3.10. The number of piperazine rings is 1. The molecular weight excluding hydrogens is 378 g/mol. The first kappa shape index (κ1) is 18.7. The van der Waals surface area contributed by atoms with Crippen molar-refractivity contribution in [2.45, 2.75) is 0 Å². The highest BCUT2D eigenvalue weighted by Crippen LogP contribution is 2.20. The molecule has 7 nitrogen and oxygen atoms in total. The second-order valence-corrected chi connectivity index (χ2v) is 6.47. The average Bonchev–Trinajstić information content (AvgIpc) is 2.77. The van der Waals surface area contributed by atoms with Gasteiger partial charge in [-0.15, -0.1) is 0 Å². The molecule has 4 rings (SSSR count). The molecule has 1 aromatic carbocycles. The van der Waals surface area contributed by atoms with Crippen LogP contribution in [-0.2, 0) is 0 Å². The number of nitrogens with zero attached hydrogens (tertiary/aromatic N) is 5. The van der Waals surface area contributed by atoms with Crippen LogP contribution in [0.1, 0.15) is 10.5 Å². The fraction of sp³-hybridized carbons (Fsp3) is 0.200. The SMILES string of the molecule is O=C(Nc1c(F)cccc1F)c1cnc(N2CCN(c3ccccn3)CC2)cn1. The summed E-state index contributed by atoms with van der Waals surface area (Å²) >= 11 is 0. The first-order valence-electron chi connectivity index (χ1n) is 9.10. The van der Waals surface area contributed by atoms with Crippen LogP contribution in [-0.4, -0.2) is 47.0 Å². The van der Waals surface area contributed by atoms with Gasteiger partial charge in [-0.05, 0) is 24.3 Å². The first-order chi connectivity index (χ1) is 14.1. The lowest BCUT2D eigenvalue weighted by Crippen LogP contribution is -2.47. The zero-order valence-electron chi connectivity index (χ0n) is 15.4. The molecule has 1 N–H and O–H groups in total. The molecule has 0 atom stereocenters. The normalized spacial score (nSPS) is 14.0. The van der Waals surface area contributed by atoms with Crippen LogP contribution in [0.15, 0.2) is 55.0 Å². The Labute approximate surface area is 166 Å². The number of carbonyl (C=O) groups excluding carboxylic acids is 1. The summed E-state index contributed by atoms with van der Waals surface area (Å²) in [5, 5.41) is 2.20. The molecule has 0 spiro atoms. The van der Waals surface area contributed by atoms with Gasteiger partial charge < -0.3 is 15.1 Å². The molecule has 0 radical (unpaired) electrons. The molecule has 1 fully saturated rings. The molecule has 0 unspecified atom stereocenters. The van der Waals surface area contributed by atoms with Crippen molar-refractivity contribution >= 4 is 23.2 Å². The second-order valence-electron chi connectivity index (χ2n) is 6.47. The van der Waals surface area contributed by atoms with E-state index in [0.29, 0.717) is 5.82 Å². The van der Waals surface area contributed by atoms with Crippen LogP contribution in [0, 0.1) is 11.6 Å². The molecule has 1 aliphatic rings. The van der Waals surface area contributed by atoms with Crippen molar-refractivity contribution in [3.63, 3.8) is 0 Å². The van der Waals surface area contributed by atoms with E-state index in [9.17, 15) is 13.6 Å². The number of rotatable bonds is 4. The molecule has 29 heavy (non-hydrogen) atoms. The minimum absolute atomic E-state index is 0.0245. The predicted octanol–water partition coefficient (Wildman–Crippen LogP) is 2.73. The summed E-state index contributed by atoms with van der Waals surface area (Å²) in [5.74, 6) is -0.861. The van der Waals surface area contributed by atoms with Gasteiger partial charge in [-0.3, -0.25) is 4.79 Å². The van der Waals surface area contributed by atoms with Crippen LogP contribution in [0.4, 0.5) is 26.1 Å². The third kappa shape index (κ3) is 4.13. The van der Waals surface area contributed by atoms with Gasteiger partial charge in [0, 0.05) is 32.4 Å². The number of nitrogens with one attached hydrogen (secondary N) is 1. The van der Waals surface area contributed by atoms with Gasteiger partial charge in [0.15, 0.2) is 0 Å². The van der Waals surface area contributed by atoms with Gasteiger partial charge >= 0.3 is 0 Å². The number of amides is 1. The number of hydrogen-bond donors (Lipinski definition) is 1. The lowest BCUT2D eigenvalue weighted by molar-refractivity contribution is 0.102. The Balaban J connectivity index is 1.39. The maximum atomic E-state index is 13.7. The number of aromatic nitrogens is 3. The van der Waals surface area contributed by atoms with Gasteiger partial charge in [0.1, 0.15) is 34.7 Å². The fourth-order valence-corrected chi connectivity index (χ4v) is 3.10. The van der Waals surface area contributed by atoms with Gasteiger partial charge in [-0.2, -0.15) is 0 Å². The van der Waals surface area contributed by atoms with Crippen LogP contribution >= 0.6 is 0 Å². The zero-order chi connectivity index (χ0) is 20.2. The maximum Gasteiger partial charge on any atom is 0.276 e. The van der Waals surface area contributed by atoms with Crippen molar-refractivity contribution in [3.8, 4) is 0 Å². The zero-order valence-corrected chi connectivity index (χ0v) is 15.4. The van der Waals surface area contributed by atoms with Crippen LogP contribution in [0.3, 0.4) is 0 Å². The number of anilines is 3. The lowest BCUT2D eigenvalue weighted by atomic mass is 10.2. The highest BCUT2D eigenvalue weighted by molar-refractivity contribution is 6.02. The third-order valence-electron chi connectivity index (χ3n) is 4.65. The summed E-state index contributed by atoms with van der Waals surface area (Å²) in [6.45, 7) is 3.04. The number of benzene rings is 1. The van der Waals surface area contributed by atoms with Gasteiger partial charge in [-0.25, -0.2) is 23.7 Å². The van der Waals surface area contributed by atoms with Crippen LogP contribution < -0.4 is 15.1 Å². The Morgan fingerprint density at radius 2 is 1.52 bits per heavy atom. The van der Waals surface area contributed by atoms with Gasteiger partial charge in [0.05, 0.1) is 12.4 Å². The molecule has 0 bridgehead atoms. The van der Waals surface area contributed by atoms with Crippen LogP contribution in [0.25, 0.3) is 0 Å². The van der Waals surface area contributed by atoms with E-state index in [-0.39, 0.29) is 5.69 Å². The Hall–Kier alpha value is -3.62. The first-order valence-corrected chi connectivity index (χ1v) is 9.10. The average molecular weight is 396 g/mol. The van der Waals surface area contributed by atoms with E-state index < -0.39 is 23.2 Å². The highest BCUT2D eigenvalue weighted by atomic mass is 19.1. The largest absolute Gasteiger partial charge is 0.353 e. The number of hydrogen-bond acceptors (Lipinski definition) is 6. The van der Waals surface area contributed by atoms with E-state index in [1.807, 2.05) is 18.2 Å². The van der Waals surface area contributed by atoms with E-state index >= 15 is 0 Å². The summed E-state index contributed by atoms with van der Waals surface area (Å²) in [5.41, 5.74) is -0.530. The van der Waals surface area contributed by atoms with Crippen molar-refractivity contribution < 1.29 is 13.6 Å². The molecular formula is C20H18F2N6O. The van der Waals surface area contributed by atoms with E-state index in [1.54, 1.807) is 6.20 Å². The lowest BCUT2D eigenvalue weighted by Gasteiger charge is -2.35. The molecule has 1 saturated heterocycles. The predicted molar refractivity (Wildman–Crippen MR) is 105 cm³/mol. The summed E-state index contributed by atoms with van der Waals surface area (Å²) in [4.78, 5) is 29.2. The highest BCUT2D eigenvalue weighted by Gasteiger charge is 2.20. The molecule has 3 heterocycles. The van der Waals surface area contributed by atoms with E-state index in [1.165, 1.54) is 18.5 Å². The monoisotopic (exact) mass is 396 g/mol. The van der Waals surface area contributed by atoms with Gasteiger partial charge in [0.25, 0.3) is 5.91 Å².